The zero-order valence-corrected chi connectivity index (χ0v) is 12.6. The Labute approximate surface area is 124 Å². The van der Waals surface area contributed by atoms with Crippen molar-refractivity contribution < 1.29 is 9.72 Å². The third-order valence-electron chi connectivity index (χ3n) is 4.34. The van der Waals surface area contributed by atoms with Crippen molar-refractivity contribution in [2.24, 2.45) is 11.8 Å². The minimum absolute atomic E-state index is 0.0678. The fourth-order valence-corrected chi connectivity index (χ4v) is 2.75. The maximum atomic E-state index is 12.7. The molecule has 1 N–H and O–H groups in total. The third kappa shape index (κ3) is 2.99. The molecule has 1 aromatic carbocycles. The minimum Gasteiger partial charge on any atom is -0.382 e. The zero-order valence-electron chi connectivity index (χ0n) is 12.6. The smallest absolute Gasteiger partial charge is 0.293 e. The predicted octanol–water partition coefficient (Wildman–Crippen LogP) is 2.75. The summed E-state index contributed by atoms with van der Waals surface area (Å²) >= 11 is 0. The van der Waals surface area contributed by atoms with E-state index in [2.05, 4.69) is 19.2 Å². The molecule has 2 unspecified atom stereocenters. The summed E-state index contributed by atoms with van der Waals surface area (Å²) in [5.74, 6) is 0.907. The van der Waals surface area contributed by atoms with Gasteiger partial charge in [-0.15, -0.1) is 0 Å². The molecule has 1 aliphatic heterocycles. The first-order valence-corrected chi connectivity index (χ1v) is 7.20. The van der Waals surface area contributed by atoms with Gasteiger partial charge in [0, 0.05) is 26.2 Å². The van der Waals surface area contributed by atoms with Crippen LogP contribution in [-0.4, -0.2) is 35.9 Å². The highest BCUT2D eigenvalue weighted by Gasteiger charge is 2.29. The Morgan fingerprint density at radius 3 is 2.67 bits per heavy atom. The molecule has 6 heteroatoms. The SMILES string of the molecule is CNc1c(C(=O)N2CCC(C)C(C)C2)cccc1[N+](=O)[O-]. The number of nitro benzene ring substituents is 1. The zero-order chi connectivity index (χ0) is 15.6. The van der Waals surface area contributed by atoms with Crippen molar-refractivity contribution in [2.75, 3.05) is 25.5 Å². The topological polar surface area (TPSA) is 75.5 Å². The number of hydrogen-bond donors (Lipinski definition) is 1. The normalized spacial score (nSPS) is 22.0. The van der Waals surface area contributed by atoms with Gasteiger partial charge in [0.15, 0.2) is 0 Å². The standard InChI is InChI=1S/C15H21N3O3/c1-10-7-8-17(9-11(10)2)15(19)12-5-4-6-13(18(20)21)14(12)16-3/h4-6,10-11,16H,7-9H2,1-3H3. The van der Waals surface area contributed by atoms with Gasteiger partial charge < -0.3 is 10.2 Å². The molecule has 6 nitrogen and oxygen atoms in total. The van der Waals surface area contributed by atoms with Crippen LogP contribution in [0.25, 0.3) is 0 Å². The first kappa shape index (κ1) is 15.3. The van der Waals surface area contributed by atoms with Crippen LogP contribution in [-0.2, 0) is 0 Å². The molecule has 21 heavy (non-hydrogen) atoms. The van der Waals surface area contributed by atoms with Crippen molar-refractivity contribution in [3.63, 3.8) is 0 Å². The van der Waals surface area contributed by atoms with Crippen LogP contribution in [0.15, 0.2) is 18.2 Å². The molecule has 2 rings (SSSR count). The summed E-state index contributed by atoms with van der Waals surface area (Å²) < 4.78 is 0. The number of amides is 1. The van der Waals surface area contributed by atoms with E-state index in [0.717, 1.165) is 6.42 Å². The third-order valence-corrected chi connectivity index (χ3v) is 4.34. The van der Waals surface area contributed by atoms with Crippen LogP contribution < -0.4 is 5.32 Å². The fraction of sp³-hybridized carbons (Fsp3) is 0.533. The van der Waals surface area contributed by atoms with Crippen LogP contribution in [0.5, 0.6) is 0 Å². The molecule has 0 bridgehead atoms. The molecule has 1 aliphatic rings. The number of carbonyl (C=O) groups is 1. The number of anilines is 1. The number of benzene rings is 1. The van der Waals surface area contributed by atoms with E-state index in [-0.39, 0.29) is 11.6 Å². The van der Waals surface area contributed by atoms with Crippen LogP contribution >= 0.6 is 0 Å². The maximum absolute atomic E-state index is 12.7. The van der Waals surface area contributed by atoms with Gasteiger partial charge in [-0.3, -0.25) is 14.9 Å². The summed E-state index contributed by atoms with van der Waals surface area (Å²) in [5, 5.41) is 13.9. The second-order valence-corrected chi connectivity index (χ2v) is 5.70. The molecule has 0 aromatic heterocycles. The summed E-state index contributed by atoms with van der Waals surface area (Å²) in [4.78, 5) is 25.1. The highest BCUT2D eigenvalue weighted by Crippen LogP contribution is 2.30. The maximum Gasteiger partial charge on any atom is 0.293 e. The van der Waals surface area contributed by atoms with Crippen LogP contribution in [0.1, 0.15) is 30.6 Å². The molecule has 0 saturated carbocycles. The van der Waals surface area contributed by atoms with Gasteiger partial charge in [-0.05, 0) is 24.3 Å². The largest absolute Gasteiger partial charge is 0.382 e. The van der Waals surface area contributed by atoms with Crippen molar-refractivity contribution in [1.82, 2.24) is 4.90 Å². The van der Waals surface area contributed by atoms with E-state index in [1.807, 2.05) is 0 Å². The highest BCUT2D eigenvalue weighted by molar-refractivity contribution is 6.01. The van der Waals surface area contributed by atoms with E-state index in [4.69, 9.17) is 0 Å². The van der Waals surface area contributed by atoms with Crippen LogP contribution in [0.4, 0.5) is 11.4 Å². The number of rotatable bonds is 3. The molecule has 0 spiro atoms. The van der Waals surface area contributed by atoms with Crippen molar-refractivity contribution >= 4 is 17.3 Å². The second-order valence-electron chi connectivity index (χ2n) is 5.70. The Morgan fingerprint density at radius 1 is 1.38 bits per heavy atom. The molecule has 1 amide bonds. The lowest BCUT2D eigenvalue weighted by atomic mass is 9.88. The van der Waals surface area contributed by atoms with E-state index >= 15 is 0 Å². The van der Waals surface area contributed by atoms with Gasteiger partial charge >= 0.3 is 0 Å². The second kappa shape index (κ2) is 6.11. The van der Waals surface area contributed by atoms with Gasteiger partial charge in [-0.2, -0.15) is 0 Å². The molecule has 1 fully saturated rings. The van der Waals surface area contributed by atoms with E-state index in [1.165, 1.54) is 6.07 Å². The summed E-state index contributed by atoms with van der Waals surface area (Å²) in [6.07, 6.45) is 0.969. The lowest BCUT2D eigenvalue weighted by Gasteiger charge is -2.35. The Bertz CT molecular complexity index is 559. The van der Waals surface area contributed by atoms with E-state index in [1.54, 1.807) is 24.1 Å². The first-order valence-electron chi connectivity index (χ1n) is 7.20. The Hall–Kier alpha value is -2.11. The predicted molar refractivity (Wildman–Crippen MR) is 81.5 cm³/mol. The number of para-hydroxylation sites is 1. The molecule has 1 heterocycles. The number of nitro groups is 1. The van der Waals surface area contributed by atoms with E-state index < -0.39 is 4.92 Å². The molecular formula is C15H21N3O3. The molecule has 1 saturated heterocycles. The lowest BCUT2D eigenvalue weighted by Crippen LogP contribution is -2.42. The number of nitrogens with one attached hydrogen (secondary N) is 1. The van der Waals surface area contributed by atoms with E-state index in [0.29, 0.717) is 36.2 Å². The molecule has 0 aliphatic carbocycles. The monoisotopic (exact) mass is 291 g/mol. The number of carbonyl (C=O) groups excluding carboxylic acids is 1. The molecule has 1 aromatic rings. The summed E-state index contributed by atoms with van der Waals surface area (Å²) in [6, 6.07) is 4.61. The average Bonchev–Trinajstić information content (AvgIpc) is 2.48. The Kier molecular flexibility index (Phi) is 4.45. The molecular weight excluding hydrogens is 270 g/mol. The minimum atomic E-state index is -0.469. The van der Waals surface area contributed by atoms with Gasteiger partial charge in [0.25, 0.3) is 11.6 Å². The van der Waals surface area contributed by atoms with Gasteiger partial charge in [-0.1, -0.05) is 19.9 Å². The summed E-state index contributed by atoms with van der Waals surface area (Å²) in [5.41, 5.74) is 0.592. The van der Waals surface area contributed by atoms with E-state index in [9.17, 15) is 14.9 Å². The number of piperidine rings is 1. The van der Waals surface area contributed by atoms with Crippen molar-refractivity contribution in [3.05, 3.63) is 33.9 Å². The van der Waals surface area contributed by atoms with Crippen LogP contribution in [0, 0.1) is 22.0 Å². The first-order chi connectivity index (χ1) is 9.95. The van der Waals surface area contributed by atoms with Crippen molar-refractivity contribution in [3.8, 4) is 0 Å². The average molecular weight is 291 g/mol. The van der Waals surface area contributed by atoms with Gasteiger partial charge in [0.2, 0.25) is 0 Å². The molecule has 114 valence electrons. The number of likely N-dealkylation sites (tertiary alicyclic amines) is 1. The number of hydrogen-bond acceptors (Lipinski definition) is 4. The quantitative estimate of drug-likeness (QED) is 0.686. The Morgan fingerprint density at radius 2 is 2.10 bits per heavy atom. The van der Waals surface area contributed by atoms with Crippen molar-refractivity contribution in [2.45, 2.75) is 20.3 Å². The van der Waals surface area contributed by atoms with Gasteiger partial charge in [-0.25, -0.2) is 0 Å². The summed E-state index contributed by atoms with van der Waals surface area (Å²) in [6.45, 7) is 5.73. The highest BCUT2D eigenvalue weighted by atomic mass is 16.6. The van der Waals surface area contributed by atoms with Crippen LogP contribution in [0.3, 0.4) is 0 Å². The lowest BCUT2D eigenvalue weighted by molar-refractivity contribution is -0.384. The molecule has 2 atom stereocenters. The molecule has 0 radical (unpaired) electrons. The van der Waals surface area contributed by atoms with Crippen molar-refractivity contribution in [1.29, 1.82) is 0 Å². The van der Waals surface area contributed by atoms with Crippen LogP contribution in [0.2, 0.25) is 0 Å². The van der Waals surface area contributed by atoms with Gasteiger partial charge in [0.1, 0.15) is 5.69 Å². The summed E-state index contributed by atoms with van der Waals surface area (Å²) in [7, 11) is 1.60. The Balaban J connectivity index is 2.31. The van der Waals surface area contributed by atoms with Gasteiger partial charge in [0.05, 0.1) is 10.5 Å². The number of nitrogens with zero attached hydrogens (tertiary/aromatic N) is 2. The fourth-order valence-electron chi connectivity index (χ4n) is 2.75.